The standard InChI is InChI=1S/C22H34ClNO2/c1-4-5-6-7-8-17(2)22(25)24(20-10-11-20)16-19-15-18(13-14-26-3)9-12-21(19)23/h9,12,15,17,20H,4-8,10-11,13-14,16H2,1-3H3. The zero-order valence-corrected chi connectivity index (χ0v) is 17.4. The Bertz CT molecular complexity index is 571. The summed E-state index contributed by atoms with van der Waals surface area (Å²) in [4.78, 5) is 15.1. The molecule has 0 spiro atoms. The Kier molecular flexibility index (Phi) is 8.94. The van der Waals surface area contributed by atoms with E-state index < -0.39 is 0 Å². The predicted molar refractivity (Wildman–Crippen MR) is 109 cm³/mol. The highest BCUT2D eigenvalue weighted by Gasteiger charge is 2.34. The van der Waals surface area contributed by atoms with Crippen molar-refractivity contribution in [2.75, 3.05) is 13.7 Å². The summed E-state index contributed by atoms with van der Waals surface area (Å²) in [5.41, 5.74) is 2.26. The summed E-state index contributed by atoms with van der Waals surface area (Å²) >= 11 is 6.43. The van der Waals surface area contributed by atoms with E-state index in [4.69, 9.17) is 16.3 Å². The molecule has 0 bridgehead atoms. The van der Waals surface area contributed by atoms with Gasteiger partial charge < -0.3 is 9.64 Å². The first-order valence-corrected chi connectivity index (χ1v) is 10.5. The zero-order chi connectivity index (χ0) is 18.9. The van der Waals surface area contributed by atoms with Crippen molar-refractivity contribution in [1.29, 1.82) is 0 Å². The summed E-state index contributed by atoms with van der Waals surface area (Å²) in [5.74, 6) is 0.394. The van der Waals surface area contributed by atoms with Gasteiger partial charge in [0.1, 0.15) is 0 Å². The molecule has 1 aliphatic carbocycles. The molecule has 1 amide bonds. The minimum atomic E-state index is 0.0999. The fourth-order valence-corrected chi connectivity index (χ4v) is 3.54. The molecule has 146 valence electrons. The van der Waals surface area contributed by atoms with Gasteiger partial charge in [-0.2, -0.15) is 0 Å². The highest BCUT2D eigenvalue weighted by atomic mass is 35.5. The van der Waals surface area contributed by atoms with Gasteiger partial charge in [0, 0.05) is 30.6 Å². The lowest BCUT2D eigenvalue weighted by Crippen LogP contribution is -2.36. The molecule has 1 fully saturated rings. The summed E-state index contributed by atoms with van der Waals surface area (Å²) < 4.78 is 5.17. The molecule has 0 N–H and O–H groups in total. The Labute approximate surface area is 164 Å². The Morgan fingerprint density at radius 3 is 2.73 bits per heavy atom. The number of rotatable bonds is 12. The minimum absolute atomic E-state index is 0.0999. The van der Waals surface area contributed by atoms with Gasteiger partial charge in [-0.1, -0.05) is 63.3 Å². The lowest BCUT2D eigenvalue weighted by molar-refractivity contribution is -0.136. The van der Waals surface area contributed by atoms with E-state index in [-0.39, 0.29) is 5.92 Å². The maximum Gasteiger partial charge on any atom is 0.225 e. The van der Waals surface area contributed by atoms with Crippen LogP contribution in [0.3, 0.4) is 0 Å². The third-order valence-electron chi connectivity index (χ3n) is 5.23. The molecule has 0 saturated heterocycles. The second-order valence-electron chi connectivity index (χ2n) is 7.62. The SMILES string of the molecule is CCCCCCC(C)C(=O)N(Cc1cc(CCOC)ccc1Cl)C1CC1. The highest BCUT2D eigenvalue weighted by Crippen LogP contribution is 2.32. The maximum absolute atomic E-state index is 13.0. The van der Waals surface area contributed by atoms with Gasteiger partial charge in [0.2, 0.25) is 5.91 Å². The van der Waals surface area contributed by atoms with E-state index in [2.05, 4.69) is 24.8 Å². The normalized spacial score (nSPS) is 15.1. The number of ether oxygens (including phenoxy) is 1. The van der Waals surface area contributed by atoms with E-state index in [1.165, 1.54) is 24.8 Å². The fourth-order valence-electron chi connectivity index (χ4n) is 3.37. The lowest BCUT2D eigenvalue weighted by atomic mass is 10.0. The number of unbranched alkanes of at least 4 members (excludes halogenated alkanes) is 3. The number of carbonyl (C=O) groups excluding carboxylic acids is 1. The minimum Gasteiger partial charge on any atom is -0.384 e. The largest absolute Gasteiger partial charge is 0.384 e. The third-order valence-corrected chi connectivity index (χ3v) is 5.60. The van der Waals surface area contributed by atoms with Crippen LogP contribution in [-0.2, 0) is 22.5 Å². The molecular formula is C22H34ClNO2. The first-order chi connectivity index (χ1) is 12.6. The van der Waals surface area contributed by atoms with Gasteiger partial charge in [0.15, 0.2) is 0 Å². The van der Waals surface area contributed by atoms with Crippen LogP contribution in [0.25, 0.3) is 0 Å². The van der Waals surface area contributed by atoms with Gasteiger partial charge >= 0.3 is 0 Å². The molecule has 4 heteroatoms. The topological polar surface area (TPSA) is 29.5 Å². The third kappa shape index (κ3) is 6.59. The Morgan fingerprint density at radius 1 is 1.31 bits per heavy atom. The molecule has 1 atom stereocenters. The summed E-state index contributed by atoms with van der Waals surface area (Å²) in [6, 6.07) is 6.53. The Hall–Kier alpha value is -1.06. The molecule has 0 radical (unpaired) electrons. The van der Waals surface area contributed by atoms with Crippen LogP contribution in [-0.4, -0.2) is 30.6 Å². The molecule has 0 aliphatic heterocycles. The summed E-state index contributed by atoms with van der Waals surface area (Å²) in [6.07, 6.45) is 8.96. The van der Waals surface area contributed by atoms with Gasteiger partial charge in [-0.05, 0) is 42.9 Å². The van der Waals surface area contributed by atoms with Crippen LogP contribution < -0.4 is 0 Å². The van der Waals surface area contributed by atoms with Crippen molar-refractivity contribution in [2.45, 2.75) is 77.8 Å². The smallest absolute Gasteiger partial charge is 0.225 e. The average Bonchev–Trinajstić information content (AvgIpc) is 3.47. The van der Waals surface area contributed by atoms with Crippen LogP contribution in [0.15, 0.2) is 18.2 Å². The molecule has 1 aromatic carbocycles. The first kappa shape index (κ1) is 21.2. The van der Waals surface area contributed by atoms with Gasteiger partial charge in [-0.25, -0.2) is 0 Å². The van der Waals surface area contributed by atoms with Crippen LogP contribution >= 0.6 is 11.6 Å². The van der Waals surface area contributed by atoms with Crippen LogP contribution in [0.5, 0.6) is 0 Å². The van der Waals surface area contributed by atoms with E-state index >= 15 is 0 Å². The van der Waals surface area contributed by atoms with Crippen LogP contribution in [0.1, 0.15) is 69.9 Å². The van der Waals surface area contributed by atoms with Gasteiger partial charge in [0.05, 0.1) is 6.61 Å². The van der Waals surface area contributed by atoms with Crippen molar-refractivity contribution in [2.24, 2.45) is 5.92 Å². The van der Waals surface area contributed by atoms with Crippen molar-refractivity contribution in [3.8, 4) is 0 Å². The van der Waals surface area contributed by atoms with Crippen LogP contribution in [0.2, 0.25) is 5.02 Å². The van der Waals surface area contributed by atoms with Crippen molar-refractivity contribution >= 4 is 17.5 Å². The highest BCUT2D eigenvalue weighted by molar-refractivity contribution is 6.31. The molecule has 1 saturated carbocycles. The first-order valence-electron chi connectivity index (χ1n) is 10.1. The lowest BCUT2D eigenvalue weighted by Gasteiger charge is -2.26. The quantitative estimate of drug-likeness (QED) is 0.440. The second-order valence-corrected chi connectivity index (χ2v) is 8.02. The summed E-state index contributed by atoms with van der Waals surface area (Å²) in [6.45, 7) is 5.62. The van der Waals surface area contributed by atoms with Crippen molar-refractivity contribution in [1.82, 2.24) is 4.90 Å². The molecule has 26 heavy (non-hydrogen) atoms. The van der Waals surface area contributed by atoms with E-state index in [9.17, 15) is 4.79 Å². The number of carbonyl (C=O) groups is 1. The number of hydrogen-bond donors (Lipinski definition) is 0. The van der Waals surface area contributed by atoms with E-state index in [1.807, 2.05) is 12.1 Å². The number of nitrogens with zero attached hydrogens (tertiary/aromatic N) is 1. The fraction of sp³-hybridized carbons (Fsp3) is 0.682. The molecule has 1 aromatic rings. The monoisotopic (exact) mass is 379 g/mol. The van der Waals surface area contributed by atoms with E-state index in [0.29, 0.717) is 25.1 Å². The average molecular weight is 380 g/mol. The maximum atomic E-state index is 13.0. The van der Waals surface area contributed by atoms with E-state index in [0.717, 1.165) is 42.7 Å². The number of amides is 1. The Morgan fingerprint density at radius 2 is 2.08 bits per heavy atom. The molecule has 0 heterocycles. The number of halogens is 1. The van der Waals surface area contributed by atoms with Crippen LogP contribution in [0, 0.1) is 5.92 Å². The number of benzene rings is 1. The summed E-state index contributed by atoms with van der Waals surface area (Å²) in [5, 5.41) is 0.750. The molecule has 1 unspecified atom stereocenters. The number of methoxy groups -OCH3 is 1. The van der Waals surface area contributed by atoms with Crippen molar-refractivity contribution < 1.29 is 9.53 Å². The Balaban J connectivity index is 2.00. The predicted octanol–water partition coefficient (Wildman–Crippen LogP) is 5.63. The van der Waals surface area contributed by atoms with Crippen molar-refractivity contribution in [3.63, 3.8) is 0 Å². The molecule has 0 aromatic heterocycles. The van der Waals surface area contributed by atoms with Gasteiger partial charge in [-0.3, -0.25) is 4.79 Å². The van der Waals surface area contributed by atoms with E-state index in [1.54, 1.807) is 7.11 Å². The molecule has 3 nitrogen and oxygen atoms in total. The van der Waals surface area contributed by atoms with Gasteiger partial charge in [-0.15, -0.1) is 0 Å². The molecule has 1 aliphatic rings. The summed E-state index contributed by atoms with van der Waals surface area (Å²) in [7, 11) is 1.71. The van der Waals surface area contributed by atoms with Crippen LogP contribution in [0.4, 0.5) is 0 Å². The molecule has 2 rings (SSSR count). The number of hydrogen-bond acceptors (Lipinski definition) is 2. The van der Waals surface area contributed by atoms with Gasteiger partial charge in [0.25, 0.3) is 0 Å². The van der Waals surface area contributed by atoms with Crippen molar-refractivity contribution in [3.05, 3.63) is 34.3 Å². The molecular weight excluding hydrogens is 346 g/mol. The zero-order valence-electron chi connectivity index (χ0n) is 16.6. The second kappa shape index (κ2) is 10.9.